The lowest BCUT2D eigenvalue weighted by atomic mass is 10.4. The summed E-state index contributed by atoms with van der Waals surface area (Å²) in [6.45, 7) is 3.47. The van der Waals surface area contributed by atoms with Crippen molar-refractivity contribution in [1.82, 2.24) is 14.6 Å². The van der Waals surface area contributed by atoms with E-state index >= 15 is 0 Å². The first-order valence-electron chi connectivity index (χ1n) is 3.84. The van der Waals surface area contributed by atoms with E-state index in [0.717, 1.165) is 38.1 Å². The van der Waals surface area contributed by atoms with Crippen LogP contribution in [0.25, 0.3) is 0 Å². The van der Waals surface area contributed by atoms with E-state index in [0.29, 0.717) is 0 Å². The Labute approximate surface area is 76.4 Å². The van der Waals surface area contributed by atoms with Crippen LogP contribution in [0.15, 0.2) is 0 Å². The molecule has 1 saturated heterocycles. The van der Waals surface area contributed by atoms with Gasteiger partial charge in [0.15, 0.2) is 0 Å². The first-order valence-corrected chi connectivity index (χ1v) is 4.65. The van der Waals surface area contributed by atoms with Gasteiger partial charge in [0.05, 0.1) is 0 Å². The Morgan fingerprint density at radius 1 is 1.42 bits per heavy atom. The third-order valence-corrected chi connectivity index (χ3v) is 2.46. The summed E-state index contributed by atoms with van der Waals surface area (Å²) >= 11 is 0.935. The summed E-state index contributed by atoms with van der Waals surface area (Å²) in [6.07, 6.45) is 0. The van der Waals surface area contributed by atoms with Crippen LogP contribution in [0.4, 0.5) is 4.79 Å². The van der Waals surface area contributed by atoms with Crippen molar-refractivity contribution in [3.05, 3.63) is 0 Å². The molecule has 1 rings (SSSR count). The molecular weight excluding hydrogens is 176 g/mol. The minimum absolute atomic E-state index is 0.00519. The van der Waals surface area contributed by atoms with Gasteiger partial charge in [0.25, 0.3) is 5.24 Å². The molecule has 0 radical (unpaired) electrons. The predicted molar refractivity (Wildman–Crippen MR) is 49.4 cm³/mol. The lowest BCUT2D eigenvalue weighted by molar-refractivity contribution is 0.172. The average molecular weight is 190 g/mol. The lowest BCUT2D eigenvalue weighted by Crippen LogP contribution is -2.46. The lowest BCUT2D eigenvalue weighted by Gasteiger charge is -2.31. The van der Waals surface area contributed by atoms with E-state index in [1.807, 2.05) is 0 Å². The van der Waals surface area contributed by atoms with E-state index < -0.39 is 0 Å². The number of nitrogens with two attached hydrogens (primary N) is 1. The highest BCUT2D eigenvalue weighted by atomic mass is 32.2. The van der Waals surface area contributed by atoms with Crippen molar-refractivity contribution < 1.29 is 4.79 Å². The number of carbonyl (C=O) groups is 1. The Balaban J connectivity index is 2.29. The molecule has 1 aliphatic heterocycles. The molecule has 0 aromatic rings. The number of nitrogens with one attached hydrogen (secondary N) is 1. The van der Waals surface area contributed by atoms with Crippen molar-refractivity contribution >= 4 is 17.2 Å². The van der Waals surface area contributed by atoms with Crippen LogP contribution in [0.3, 0.4) is 0 Å². The largest absolute Gasteiger partial charge is 0.330 e. The average Bonchev–Trinajstić information content (AvgIpc) is 2.06. The number of hydrogen-bond donors (Lipinski definition) is 2. The van der Waals surface area contributed by atoms with Gasteiger partial charge in [-0.2, -0.15) is 4.83 Å². The maximum Gasteiger partial charge on any atom is 0.297 e. The Hall–Kier alpha value is -0.300. The van der Waals surface area contributed by atoms with Gasteiger partial charge in [0.2, 0.25) is 0 Å². The molecule has 0 aromatic carbocycles. The second-order valence-electron chi connectivity index (χ2n) is 2.78. The van der Waals surface area contributed by atoms with Crippen LogP contribution >= 0.6 is 11.9 Å². The number of rotatable bonds is 1. The molecule has 0 saturated carbocycles. The van der Waals surface area contributed by atoms with Gasteiger partial charge in [-0.25, -0.2) is 0 Å². The number of carbonyl (C=O) groups excluding carboxylic acids is 1. The van der Waals surface area contributed by atoms with Gasteiger partial charge in [-0.1, -0.05) is 0 Å². The molecule has 1 aliphatic rings. The van der Waals surface area contributed by atoms with Crippen molar-refractivity contribution in [2.45, 2.75) is 0 Å². The van der Waals surface area contributed by atoms with Crippen LogP contribution in [-0.2, 0) is 0 Å². The molecule has 0 bridgehead atoms. The Morgan fingerprint density at radius 3 is 2.50 bits per heavy atom. The SMILES string of the molecule is CN1CCN(C(=O)SNN)CC1. The van der Waals surface area contributed by atoms with E-state index in [1.54, 1.807) is 4.90 Å². The third kappa shape index (κ3) is 2.63. The van der Waals surface area contributed by atoms with Gasteiger partial charge in [0, 0.05) is 38.1 Å². The highest BCUT2D eigenvalue weighted by molar-refractivity contribution is 8.11. The third-order valence-electron chi connectivity index (χ3n) is 1.91. The predicted octanol–water partition coefficient (Wildman–Crippen LogP) is -0.535. The van der Waals surface area contributed by atoms with E-state index in [9.17, 15) is 4.79 Å². The van der Waals surface area contributed by atoms with Crippen LogP contribution in [0.1, 0.15) is 0 Å². The maximum absolute atomic E-state index is 11.2. The quantitative estimate of drug-likeness (QED) is 0.330. The Kier molecular flexibility index (Phi) is 3.80. The summed E-state index contributed by atoms with van der Waals surface area (Å²) in [5.74, 6) is 5.02. The van der Waals surface area contributed by atoms with Crippen LogP contribution in [-0.4, -0.2) is 48.3 Å². The second kappa shape index (κ2) is 4.66. The molecule has 0 aliphatic carbocycles. The molecule has 5 nitrogen and oxygen atoms in total. The minimum Gasteiger partial charge on any atom is -0.330 e. The van der Waals surface area contributed by atoms with Crippen molar-refractivity contribution in [3.63, 3.8) is 0 Å². The standard InChI is InChI=1S/C6H14N4OS/c1-9-2-4-10(5-3-9)6(11)12-8-7/h8H,2-5,7H2,1H3. The van der Waals surface area contributed by atoms with E-state index in [2.05, 4.69) is 16.8 Å². The number of hydrazine groups is 1. The molecule has 12 heavy (non-hydrogen) atoms. The van der Waals surface area contributed by atoms with Crippen LogP contribution in [0.2, 0.25) is 0 Å². The van der Waals surface area contributed by atoms with Crippen LogP contribution < -0.4 is 10.7 Å². The fraction of sp³-hybridized carbons (Fsp3) is 0.833. The zero-order valence-electron chi connectivity index (χ0n) is 7.12. The summed E-state index contributed by atoms with van der Waals surface area (Å²) in [5, 5.41) is 0.00519. The van der Waals surface area contributed by atoms with E-state index in [1.165, 1.54) is 0 Å². The molecular formula is C6H14N4OS. The van der Waals surface area contributed by atoms with Crippen molar-refractivity contribution in [3.8, 4) is 0 Å². The first-order chi connectivity index (χ1) is 5.74. The number of piperazine rings is 1. The minimum atomic E-state index is 0.00519. The van der Waals surface area contributed by atoms with Crippen LogP contribution in [0.5, 0.6) is 0 Å². The molecule has 3 N–H and O–H groups in total. The molecule has 0 unspecified atom stereocenters. The number of amides is 1. The first kappa shape index (κ1) is 9.79. The molecule has 1 fully saturated rings. The summed E-state index contributed by atoms with van der Waals surface area (Å²) < 4.78 is 0. The Morgan fingerprint density at radius 2 is 2.00 bits per heavy atom. The topological polar surface area (TPSA) is 61.6 Å². The molecule has 0 atom stereocenters. The van der Waals surface area contributed by atoms with Gasteiger partial charge >= 0.3 is 0 Å². The van der Waals surface area contributed by atoms with Crippen molar-refractivity contribution in [2.24, 2.45) is 5.84 Å². The van der Waals surface area contributed by atoms with Crippen molar-refractivity contribution in [1.29, 1.82) is 0 Å². The second-order valence-corrected chi connectivity index (χ2v) is 3.57. The normalized spacial score (nSPS) is 19.7. The van der Waals surface area contributed by atoms with E-state index in [-0.39, 0.29) is 5.24 Å². The highest BCUT2D eigenvalue weighted by Gasteiger charge is 2.18. The summed E-state index contributed by atoms with van der Waals surface area (Å²) in [4.78, 5) is 17.5. The monoisotopic (exact) mass is 190 g/mol. The fourth-order valence-electron chi connectivity index (χ4n) is 1.10. The van der Waals surface area contributed by atoms with E-state index in [4.69, 9.17) is 5.84 Å². The summed E-state index contributed by atoms with van der Waals surface area (Å²) in [5.41, 5.74) is 0. The highest BCUT2D eigenvalue weighted by Crippen LogP contribution is 2.06. The fourth-order valence-corrected chi connectivity index (χ4v) is 1.52. The van der Waals surface area contributed by atoms with Crippen LogP contribution in [0, 0.1) is 0 Å². The van der Waals surface area contributed by atoms with Gasteiger partial charge in [0.1, 0.15) is 0 Å². The smallest absolute Gasteiger partial charge is 0.297 e. The van der Waals surface area contributed by atoms with Gasteiger partial charge < -0.3 is 9.80 Å². The van der Waals surface area contributed by atoms with Crippen molar-refractivity contribution in [2.75, 3.05) is 33.2 Å². The molecule has 1 amide bonds. The Bertz CT molecular complexity index is 158. The number of likely N-dealkylation sites (N-methyl/N-ethyl adjacent to an activating group) is 1. The molecule has 0 spiro atoms. The molecule has 0 aromatic heterocycles. The van der Waals surface area contributed by atoms with Gasteiger partial charge in [-0.15, -0.1) is 0 Å². The van der Waals surface area contributed by atoms with Gasteiger partial charge in [-0.05, 0) is 7.05 Å². The molecule has 70 valence electrons. The van der Waals surface area contributed by atoms with Gasteiger partial charge in [-0.3, -0.25) is 10.6 Å². The zero-order valence-corrected chi connectivity index (χ0v) is 7.93. The number of hydrogen-bond acceptors (Lipinski definition) is 5. The molecule has 6 heteroatoms. The number of nitrogens with zero attached hydrogens (tertiary/aromatic N) is 2. The zero-order chi connectivity index (χ0) is 8.97. The molecule has 1 heterocycles. The summed E-state index contributed by atoms with van der Waals surface area (Å²) in [6, 6.07) is 0. The maximum atomic E-state index is 11.2. The summed E-state index contributed by atoms with van der Waals surface area (Å²) in [7, 11) is 2.05.